The fourth-order valence-electron chi connectivity index (χ4n) is 1.63. The van der Waals surface area contributed by atoms with Crippen LogP contribution in [0.3, 0.4) is 0 Å². The molecule has 2 rings (SSSR count). The zero-order valence-electron chi connectivity index (χ0n) is 9.31. The molecule has 0 aliphatic heterocycles. The summed E-state index contributed by atoms with van der Waals surface area (Å²) in [7, 11) is 0. The third kappa shape index (κ3) is 2.42. The molecule has 0 bridgehead atoms. The molecule has 0 spiro atoms. The van der Waals surface area contributed by atoms with Crippen LogP contribution in [0.2, 0.25) is 5.02 Å². The zero-order valence-corrected chi connectivity index (χ0v) is 10.1. The summed E-state index contributed by atoms with van der Waals surface area (Å²) in [5.74, 6) is -1.51. The van der Waals surface area contributed by atoms with E-state index >= 15 is 0 Å². The molecule has 0 saturated heterocycles. The lowest BCUT2D eigenvalue weighted by Gasteiger charge is -2.10. The van der Waals surface area contributed by atoms with Gasteiger partial charge in [0.25, 0.3) is 0 Å². The highest BCUT2D eigenvalue weighted by molar-refractivity contribution is 6.31. The van der Waals surface area contributed by atoms with E-state index in [1.165, 1.54) is 18.2 Å². The van der Waals surface area contributed by atoms with E-state index in [4.69, 9.17) is 11.6 Å². The van der Waals surface area contributed by atoms with E-state index in [1.807, 2.05) is 0 Å². The summed E-state index contributed by atoms with van der Waals surface area (Å²) in [6.45, 7) is 0. The minimum absolute atomic E-state index is 0.138. The normalized spacial score (nSPS) is 12.2. The summed E-state index contributed by atoms with van der Waals surface area (Å²) < 4.78 is 13.7. The summed E-state index contributed by atoms with van der Waals surface area (Å²) >= 11 is 5.60. The molecule has 4 heteroatoms. The Morgan fingerprint density at radius 1 is 1.11 bits per heavy atom. The van der Waals surface area contributed by atoms with Crippen molar-refractivity contribution in [3.63, 3.8) is 0 Å². The Labute approximate surface area is 109 Å². The monoisotopic (exact) mass is 264 g/mol. The first-order valence-corrected chi connectivity index (χ1v) is 5.70. The summed E-state index contributed by atoms with van der Waals surface area (Å²) in [5.41, 5.74) is 0.209. The Morgan fingerprint density at radius 3 is 2.44 bits per heavy atom. The van der Waals surface area contributed by atoms with Gasteiger partial charge in [0.15, 0.2) is 11.6 Å². The zero-order chi connectivity index (χ0) is 13.1. The number of rotatable bonds is 3. The third-order valence-electron chi connectivity index (χ3n) is 2.58. The number of ketones is 1. The standard InChI is InChI=1S/C14H10ClFO2/c15-11-8-4-7-10(12(11)16)14(18)13(17)9-5-2-1-3-6-9/h1-8,13,17H. The molecule has 0 heterocycles. The average Bonchev–Trinajstić information content (AvgIpc) is 2.41. The second-order valence-corrected chi connectivity index (χ2v) is 4.19. The van der Waals surface area contributed by atoms with Crippen LogP contribution in [0.5, 0.6) is 0 Å². The summed E-state index contributed by atoms with van der Waals surface area (Å²) in [5, 5.41) is 9.76. The van der Waals surface area contributed by atoms with Crippen molar-refractivity contribution in [3.8, 4) is 0 Å². The molecule has 2 aromatic carbocycles. The van der Waals surface area contributed by atoms with Gasteiger partial charge in [-0.25, -0.2) is 4.39 Å². The summed E-state index contributed by atoms with van der Waals surface area (Å²) in [6, 6.07) is 12.5. The second kappa shape index (κ2) is 5.29. The summed E-state index contributed by atoms with van der Waals surface area (Å²) in [6.07, 6.45) is -1.39. The minimum Gasteiger partial charge on any atom is -0.380 e. The molecule has 18 heavy (non-hydrogen) atoms. The molecule has 0 radical (unpaired) electrons. The van der Waals surface area contributed by atoms with Crippen LogP contribution < -0.4 is 0 Å². The largest absolute Gasteiger partial charge is 0.380 e. The van der Waals surface area contributed by atoms with Crippen molar-refractivity contribution in [3.05, 3.63) is 70.5 Å². The SMILES string of the molecule is O=C(c1cccc(Cl)c1F)C(O)c1ccccc1. The van der Waals surface area contributed by atoms with Gasteiger partial charge in [-0.15, -0.1) is 0 Å². The Hall–Kier alpha value is -1.71. The molecule has 1 unspecified atom stereocenters. The van der Waals surface area contributed by atoms with Gasteiger partial charge >= 0.3 is 0 Å². The van der Waals surface area contributed by atoms with E-state index in [-0.39, 0.29) is 10.6 Å². The first kappa shape index (κ1) is 12.7. The van der Waals surface area contributed by atoms with Gasteiger partial charge in [-0.05, 0) is 17.7 Å². The predicted octanol–water partition coefficient (Wildman–Crippen LogP) is 3.40. The number of halogens is 2. The van der Waals surface area contributed by atoms with Crippen LogP contribution in [0, 0.1) is 5.82 Å². The maximum Gasteiger partial charge on any atom is 0.198 e. The molecule has 0 saturated carbocycles. The number of aliphatic hydroxyl groups excluding tert-OH is 1. The van der Waals surface area contributed by atoms with Crippen molar-refractivity contribution in [1.82, 2.24) is 0 Å². The maximum absolute atomic E-state index is 13.7. The molecule has 2 aromatic rings. The number of carbonyl (C=O) groups is 1. The lowest BCUT2D eigenvalue weighted by Crippen LogP contribution is -2.14. The number of carbonyl (C=O) groups excluding carboxylic acids is 1. The lowest BCUT2D eigenvalue weighted by atomic mass is 10.00. The van der Waals surface area contributed by atoms with Crippen LogP contribution in [-0.2, 0) is 0 Å². The molecule has 1 N–H and O–H groups in total. The number of Topliss-reactive ketones (excluding diaryl/α,β-unsaturated/α-hetero) is 1. The Kier molecular flexibility index (Phi) is 3.75. The molecule has 1 atom stereocenters. The van der Waals surface area contributed by atoms with E-state index < -0.39 is 17.7 Å². The van der Waals surface area contributed by atoms with Crippen molar-refractivity contribution < 1.29 is 14.3 Å². The van der Waals surface area contributed by atoms with Crippen LogP contribution >= 0.6 is 11.6 Å². The number of hydrogen-bond acceptors (Lipinski definition) is 2. The van der Waals surface area contributed by atoms with Crippen LogP contribution in [0.15, 0.2) is 48.5 Å². The number of aliphatic hydroxyl groups is 1. The first-order chi connectivity index (χ1) is 8.61. The van der Waals surface area contributed by atoms with Gasteiger partial charge in [0.2, 0.25) is 0 Å². The third-order valence-corrected chi connectivity index (χ3v) is 2.87. The highest BCUT2D eigenvalue weighted by atomic mass is 35.5. The molecule has 0 amide bonds. The fraction of sp³-hybridized carbons (Fsp3) is 0.0714. The average molecular weight is 265 g/mol. The van der Waals surface area contributed by atoms with E-state index in [0.717, 1.165) is 0 Å². The van der Waals surface area contributed by atoms with E-state index in [0.29, 0.717) is 5.56 Å². The highest BCUT2D eigenvalue weighted by Gasteiger charge is 2.22. The Morgan fingerprint density at radius 2 is 1.78 bits per heavy atom. The molecule has 0 aliphatic rings. The van der Waals surface area contributed by atoms with Gasteiger partial charge in [0.05, 0.1) is 10.6 Å². The van der Waals surface area contributed by atoms with Crippen LogP contribution in [0.4, 0.5) is 4.39 Å². The molecular formula is C14H10ClFO2. The fourth-order valence-corrected chi connectivity index (χ4v) is 1.80. The van der Waals surface area contributed by atoms with Crippen LogP contribution in [0.25, 0.3) is 0 Å². The quantitative estimate of drug-likeness (QED) is 0.863. The van der Waals surface area contributed by atoms with Crippen LogP contribution in [-0.4, -0.2) is 10.9 Å². The second-order valence-electron chi connectivity index (χ2n) is 3.78. The number of benzene rings is 2. The van der Waals surface area contributed by atoms with Crippen molar-refractivity contribution in [2.45, 2.75) is 6.10 Å². The molecule has 0 aliphatic carbocycles. The first-order valence-electron chi connectivity index (χ1n) is 5.32. The Bertz CT molecular complexity index is 569. The topological polar surface area (TPSA) is 37.3 Å². The molecule has 2 nitrogen and oxygen atoms in total. The van der Waals surface area contributed by atoms with Crippen molar-refractivity contribution in [1.29, 1.82) is 0 Å². The predicted molar refractivity (Wildman–Crippen MR) is 67.1 cm³/mol. The van der Waals surface area contributed by atoms with E-state index in [2.05, 4.69) is 0 Å². The smallest absolute Gasteiger partial charge is 0.198 e. The van der Waals surface area contributed by atoms with E-state index in [1.54, 1.807) is 30.3 Å². The minimum atomic E-state index is -1.39. The van der Waals surface area contributed by atoms with Gasteiger partial charge in [0.1, 0.15) is 6.10 Å². The van der Waals surface area contributed by atoms with Crippen molar-refractivity contribution in [2.24, 2.45) is 0 Å². The van der Waals surface area contributed by atoms with Gasteiger partial charge < -0.3 is 5.11 Å². The van der Waals surface area contributed by atoms with Gasteiger partial charge in [-0.1, -0.05) is 48.0 Å². The van der Waals surface area contributed by atoms with Gasteiger partial charge in [-0.3, -0.25) is 4.79 Å². The van der Waals surface area contributed by atoms with Crippen LogP contribution in [0.1, 0.15) is 22.0 Å². The van der Waals surface area contributed by atoms with Crippen molar-refractivity contribution in [2.75, 3.05) is 0 Å². The van der Waals surface area contributed by atoms with Crippen molar-refractivity contribution >= 4 is 17.4 Å². The lowest BCUT2D eigenvalue weighted by molar-refractivity contribution is 0.0743. The van der Waals surface area contributed by atoms with E-state index in [9.17, 15) is 14.3 Å². The maximum atomic E-state index is 13.7. The number of hydrogen-bond donors (Lipinski definition) is 1. The van der Waals surface area contributed by atoms with Gasteiger partial charge in [-0.2, -0.15) is 0 Å². The molecule has 0 aromatic heterocycles. The summed E-state index contributed by atoms with van der Waals surface area (Å²) in [4.78, 5) is 12.0. The Balaban J connectivity index is 2.35. The van der Waals surface area contributed by atoms with Gasteiger partial charge in [0, 0.05) is 0 Å². The molecular weight excluding hydrogens is 255 g/mol. The molecule has 0 fully saturated rings. The highest BCUT2D eigenvalue weighted by Crippen LogP contribution is 2.23. The molecule has 92 valence electrons.